The lowest BCUT2D eigenvalue weighted by Gasteiger charge is -2.33. The molecule has 1 aliphatic heterocycles. The van der Waals surface area contributed by atoms with Crippen LogP contribution in [0.2, 0.25) is 5.02 Å². The Morgan fingerprint density at radius 2 is 1.70 bits per heavy atom. The van der Waals surface area contributed by atoms with Crippen molar-refractivity contribution in [1.82, 2.24) is 9.29 Å². The first-order valence-corrected chi connectivity index (χ1v) is 12.2. The highest BCUT2D eigenvalue weighted by Crippen LogP contribution is 2.26. The fourth-order valence-electron chi connectivity index (χ4n) is 3.35. The lowest BCUT2D eigenvalue weighted by molar-refractivity contribution is 0.384. The summed E-state index contributed by atoms with van der Waals surface area (Å²) < 4.78 is 32.4. The maximum absolute atomic E-state index is 12.8. The summed E-state index contributed by atoms with van der Waals surface area (Å²) in [6.07, 6.45) is 0.755. The molecule has 0 amide bonds. The van der Waals surface area contributed by atoms with Gasteiger partial charge >= 0.3 is 0 Å². The number of anilines is 1. The van der Waals surface area contributed by atoms with Crippen molar-refractivity contribution in [2.45, 2.75) is 11.3 Å². The number of ether oxygens (including phenoxy) is 1. The fourth-order valence-corrected chi connectivity index (χ4v) is 5.78. The summed E-state index contributed by atoms with van der Waals surface area (Å²) in [5.41, 5.74) is 2.18. The second-order valence-corrected chi connectivity index (χ2v) is 10.2. The van der Waals surface area contributed by atoms with Crippen LogP contribution >= 0.6 is 22.9 Å². The third kappa shape index (κ3) is 4.62. The normalized spacial score (nSPS) is 15.3. The molecule has 0 bridgehead atoms. The largest absolute Gasteiger partial charge is 0.497 e. The number of hydrogen-bond acceptors (Lipinski definition) is 6. The number of nitrogens with zero attached hydrogens (tertiary/aromatic N) is 3. The predicted molar refractivity (Wildman–Crippen MR) is 120 cm³/mol. The number of sulfonamides is 1. The maximum Gasteiger partial charge on any atom is 0.243 e. The highest BCUT2D eigenvalue weighted by molar-refractivity contribution is 7.89. The zero-order valence-electron chi connectivity index (χ0n) is 16.5. The second-order valence-electron chi connectivity index (χ2n) is 6.99. The van der Waals surface area contributed by atoms with E-state index in [1.165, 1.54) is 9.87 Å². The lowest BCUT2D eigenvalue weighted by atomic mass is 10.1. The summed E-state index contributed by atoms with van der Waals surface area (Å²) in [6.45, 7) is 2.08. The van der Waals surface area contributed by atoms with Crippen LogP contribution in [0.5, 0.6) is 5.75 Å². The number of halogens is 1. The number of piperazine rings is 1. The summed E-state index contributed by atoms with van der Waals surface area (Å²) in [4.78, 5) is 7.18. The number of benzene rings is 2. The Morgan fingerprint density at radius 1 is 1.03 bits per heavy atom. The highest BCUT2D eigenvalue weighted by atomic mass is 35.5. The minimum absolute atomic E-state index is 0.274. The van der Waals surface area contributed by atoms with Gasteiger partial charge in [0.25, 0.3) is 0 Å². The van der Waals surface area contributed by atoms with E-state index in [1.54, 1.807) is 42.7 Å². The predicted octanol–water partition coefficient (Wildman–Crippen LogP) is 3.91. The summed E-state index contributed by atoms with van der Waals surface area (Å²) in [7, 11) is -1.85. The summed E-state index contributed by atoms with van der Waals surface area (Å²) in [5.74, 6) is 0.837. The molecule has 158 valence electrons. The zero-order valence-corrected chi connectivity index (χ0v) is 18.9. The molecule has 2 heterocycles. The van der Waals surface area contributed by atoms with Gasteiger partial charge in [-0.3, -0.25) is 0 Å². The summed E-state index contributed by atoms with van der Waals surface area (Å²) >= 11 is 7.47. The number of aromatic nitrogens is 1. The minimum Gasteiger partial charge on any atom is -0.497 e. The van der Waals surface area contributed by atoms with E-state index in [0.29, 0.717) is 31.2 Å². The quantitative estimate of drug-likeness (QED) is 0.554. The Kier molecular flexibility index (Phi) is 6.29. The van der Waals surface area contributed by atoms with Crippen LogP contribution < -0.4 is 9.64 Å². The Labute approximate surface area is 185 Å². The smallest absolute Gasteiger partial charge is 0.243 e. The van der Waals surface area contributed by atoms with Crippen LogP contribution in [0.1, 0.15) is 11.3 Å². The van der Waals surface area contributed by atoms with Crippen molar-refractivity contribution in [1.29, 1.82) is 0 Å². The van der Waals surface area contributed by atoms with E-state index < -0.39 is 10.0 Å². The first-order valence-electron chi connectivity index (χ1n) is 9.54. The molecule has 6 nitrogen and oxygen atoms in total. The number of hydrogen-bond donors (Lipinski definition) is 0. The molecule has 1 saturated heterocycles. The van der Waals surface area contributed by atoms with Crippen LogP contribution in [-0.4, -0.2) is 51.0 Å². The van der Waals surface area contributed by atoms with Crippen LogP contribution in [0.15, 0.2) is 58.8 Å². The van der Waals surface area contributed by atoms with Crippen LogP contribution in [-0.2, 0) is 16.4 Å². The molecule has 3 aromatic rings. The molecule has 0 atom stereocenters. The van der Waals surface area contributed by atoms with Crippen molar-refractivity contribution in [2.24, 2.45) is 0 Å². The summed E-state index contributed by atoms with van der Waals surface area (Å²) in [6, 6.07) is 14.3. The monoisotopic (exact) mass is 463 g/mol. The second kappa shape index (κ2) is 8.93. The third-order valence-corrected chi connectivity index (χ3v) is 8.16. The van der Waals surface area contributed by atoms with Gasteiger partial charge in [0.1, 0.15) is 5.75 Å². The molecule has 1 aromatic heterocycles. The van der Waals surface area contributed by atoms with Gasteiger partial charge in [0.05, 0.1) is 17.7 Å². The molecule has 9 heteroatoms. The Bertz CT molecular complexity index is 1090. The average Bonchev–Trinajstić information content (AvgIpc) is 3.23. The molecular weight excluding hydrogens is 442 g/mol. The van der Waals surface area contributed by atoms with Gasteiger partial charge in [-0.1, -0.05) is 23.7 Å². The summed E-state index contributed by atoms with van der Waals surface area (Å²) in [5, 5.41) is 3.52. The third-order valence-electron chi connectivity index (χ3n) is 5.04. The maximum atomic E-state index is 12.8. The van der Waals surface area contributed by atoms with Crippen molar-refractivity contribution in [3.63, 3.8) is 0 Å². The molecule has 1 fully saturated rings. The minimum atomic E-state index is -3.50. The van der Waals surface area contributed by atoms with Crippen LogP contribution in [0, 0.1) is 0 Å². The van der Waals surface area contributed by atoms with Crippen molar-refractivity contribution < 1.29 is 13.2 Å². The van der Waals surface area contributed by atoms with E-state index in [0.717, 1.165) is 23.0 Å². The van der Waals surface area contributed by atoms with E-state index in [2.05, 4.69) is 10.3 Å². The van der Waals surface area contributed by atoms with Crippen molar-refractivity contribution >= 4 is 38.1 Å². The van der Waals surface area contributed by atoms with Crippen LogP contribution in [0.3, 0.4) is 0 Å². The van der Waals surface area contributed by atoms with E-state index >= 15 is 0 Å². The SMILES string of the molecule is COc1ccc(Cc2csc(N3CCN(S(=O)(=O)c4ccc(Cl)cc4)CC3)n2)cc1. The first kappa shape index (κ1) is 21.1. The lowest BCUT2D eigenvalue weighted by Crippen LogP contribution is -2.48. The molecular formula is C21H22ClN3O3S2. The molecule has 2 aromatic carbocycles. The Balaban J connectivity index is 1.38. The molecule has 0 spiro atoms. The molecule has 30 heavy (non-hydrogen) atoms. The van der Waals surface area contributed by atoms with E-state index in [1.807, 2.05) is 24.3 Å². The van der Waals surface area contributed by atoms with Gasteiger partial charge in [0, 0.05) is 43.0 Å². The molecule has 0 saturated carbocycles. The number of rotatable bonds is 6. The van der Waals surface area contributed by atoms with Crippen molar-refractivity contribution in [3.05, 3.63) is 70.2 Å². The van der Waals surface area contributed by atoms with E-state index in [4.69, 9.17) is 21.3 Å². The van der Waals surface area contributed by atoms with Gasteiger partial charge < -0.3 is 9.64 Å². The van der Waals surface area contributed by atoms with Gasteiger partial charge in [0.2, 0.25) is 10.0 Å². The molecule has 0 aliphatic carbocycles. The molecule has 4 rings (SSSR count). The van der Waals surface area contributed by atoms with Gasteiger partial charge in [-0.05, 0) is 42.0 Å². The van der Waals surface area contributed by atoms with E-state index in [9.17, 15) is 8.42 Å². The molecule has 0 N–H and O–H groups in total. The number of methoxy groups -OCH3 is 1. The van der Waals surface area contributed by atoms with Crippen LogP contribution in [0.4, 0.5) is 5.13 Å². The van der Waals surface area contributed by atoms with E-state index in [-0.39, 0.29) is 4.90 Å². The first-order chi connectivity index (χ1) is 14.5. The number of thiazole rings is 1. The van der Waals surface area contributed by atoms with Gasteiger partial charge in [0.15, 0.2) is 5.13 Å². The van der Waals surface area contributed by atoms with Crippen LogP contribution in [0.25, 0.3) is 0 Å². The average molecular weight is 464 g/mol. The standard InChI is InChI=1S/C21H22ClN3O3S2/c1-28-19-6-2-16(3-7-19)14-18-15-29-21(23-18)24-10-12-25(13-11-24)30(26,27)20-8-4-17(22)5-9-20/h2-9,15H,10-14H2,1H3. The Morgan fingerprint density at radius 3 is 2.33 bits per heavy atom. The Hall–Kier alpha value is -2.13. The fraction of sp³-hybridized carbons (Fsp3) is 0.286. The van der Waals surface area contributed by atoms with Gasteiger partial charge in [-0.15, -0.1) is 11.3 Å². The topological polar surface area (TPSA) is 62.7 Å². The van der Waals surface area contributed by atoms with Crippen molar-refractivity contribution in [2.75, 3.05) is 38.2 Å². The zero-order chi connectivity index (χ0) is 21.1. The molecule has 0 unspecified atom stereocenters. The highest BCUT2D eigenvalue weighted by Gasteiger charge is 2.29. The molecule has 1 aliphatic rings. The molecule has 0 radical (unpaired) electrons. The van der Waals surface area contributed by atoms with Gasteiger partial charge in [-0.25, -0.2) is 13.4 Å². The van der Waals surface area contributed by atoms with Gasteiger partial charge in [-0.2, -0.15) is 4.31 Å². The van der Waals surface area contributed by atoms with Crippen molar-refractivity contribution in [3.8, 4) is 5.75 Å².